The van der Waals surface area contributed by atoms with Crippen molar-refractivity contribution in [1.29, 1.82) is 0 Å². The Hall–Kier alpha value is -1.71. The molecular formula is C18H22ClNO2. The fourth-order valence-electron chi connectivity index (χ4n) is 2.22. The number of halogens is 1. The van der Waals surface area contributed by atoms with Gasteiger partial charge in [-0.3, -0.25) is 0 Å². The van der Waals surface area contributed by atoms with Gasteiger partial charge in [-0.2, -0.15) is 0 Å². The molecule has 3 nitrogen and oxygen atoms in total. The molecule has 0 saturated heterocycles. The van der Waals surface area contributed by atoms with Crippen molar-refractivity contribution >= 4 is 11.6 Å². The first-order valence-corrected chi connectivity index (χ1v) is 7.80. The number of hydrogen-bond donors (Lipinski definition) is 1. The van der Waals surface area contributed by atoms with Crippen LogP contribution in [0, 0.1) is 13.8 Å². The molecule has 0 heterocycles. The Morgan fingerprint density at radius 1 is 1.00 bits per heavy atom. The summed E-state index contributed by atoms with van der Waals surface area (Å²) in [7, 11) is 0. The van der Waals surface area contributed by atoms with E-state index >= 15 is 0 Å². The molecule has 4 heteroatoms. The third kappa shape index (κ3) is 4.39. The van der Waals surface area contributed by atoms with Crippen LogP contribution in [0.15, 0.2) is 36.4 Å². The van der Waals surface area contributed by atoms with Gasteiger partial charge < -0.3 is 15.2 Å². The maximum atomic E-state index is 6.01. The highest BCUT2D eigenvalue weighted by molar-refractivity contribution is 6.30. The second-order valence-corrected chi connectivity index (χ2v) is 5.62. The lowest BCUT2D eigenvalue weighted by Crippen LogP contribution is -2.12. The van der Waals surface area contributed by atoms with Crippen LogP contribution < -0.4 is 15.2 Å². The standard InChI is InChI=1S/C18H22ClNO2/c1-13-4-3-5-17(14(13)2)21-10-11-22-18-7-6-16(19)12-15(18)8-9-20/h3-7,12H,8-11,20H2,1-2H3. The first-order valence-electron chi connectivity index (χ1n) is 7.42. The second-order valence-electron chi connectivity index (χ2n) is 5.19. The van der Waals surface area contributed by atoms with Crippen molar-refractivity contribution in [3.05, 3.63) is 58.1 Å². The summed E-state index contributed by atoms with van der Waals surface area (Å²) < 4.78 is 11.6. The minimum absolute atomic E-state index is 0.479. The molecule has 0 unspecified atom stereocenters. The number of ether oxygens (including phenoxy) is 2. The predicted octanol–water partition coefficient (Wildman–Crippen LogP) is 3.92. The summed E-state index contributed by atoms with van der Waals surface area (Å²) >= 11 is 6.01. The minimum Gasteiger partial charge on any atom is -0.490 e. The lowest BCUT2D eigenvalue weighted by molar-refractivity contribution is 0.215. The number of rotatable bonds is 7. The summed E-state index contributed by atoms with van der Waals surface area (Å²) in [5.41, 5.74) is 9.04. The Balaban J connectivity index is 1.90. The van der Waals surface area contributed by atoms with Crippen LogP contribution in [-0.2, 0) is 6.42 Å². The van der Waals surface area contributed by atoms with Crippen LogP contribution in [0.25, 0.3) is 0 Å². The zero-order valence-corrected chi connectivity index (χ0v) is 13.8. The second kappa shape index (κ2) is 8.06. The summed E-state index contributed by atoms with van der Waals surface area (Å²) in [6, 6.07) is 11.6. The van der Waals surface area contributed by atoms with Crippen molar-refractivity contribution in [1.82, 2.24) is 0 Å². The van der Waals surface area contributed by atoms with Gasteiger partial charge in [-0.15, -0.1) is 0 Å². The smallest absolute Gasteiger partial charge is 0.122 e. The molecule has 0 aliphatic heterocycles. The molecule has 0 aromatic heterocycles. The largest absolute Gasteiger partial charge is 0.490 e. The minimum atomic E-state index is 0.479. The van der Waals surface area contributed by atoms with Gasteiger partial charge in [0.2, 0.25) is 0 Å². The normalized spacial score (nSPS) is 10.5. The topological polar surface area (TPSA) is 44.5 Å². The van der Waals surface area contributed by atoms with Crippen molar-refractivity contribution in [2.75, 3.05) is 19.8 Å². The Morgan fingerprint density at radius 2 is 1.73 bits per heavy atom. The van der Waals surface area contributed by atoms with Crippen LogP contribution in [0.5, 0.6) is 11.5 Å². The van der Waals surface area contributed by atoms with E-state index < -0.39 is 0 Å². The van der Waals surface area contributed by atoms with Crippen LogP contribution in [0.2, 0.25) is 5.02 Å². The molecule has 0 aliphatic rings. The van der Waals surface area contributed by atoms with Gasteiger partial charge in [-0.25, -0.2) is 0 Å². The molecule has 0 radical (unpaired) electrons. The van der Waals surface area contributed by atoms with Crippen LogP contribution in [0.3, 0.4) is 0 Å². The summed E-state index contributed by atoms with van der Waals surface area (Å²) in [6.07, 6.45) is 0.744. The fourth-order valence-corrected chi connectivity index (χ4v) is 2.42. The number of nitrogens with two attached hydrogens (primary N) is 1. The Bertz CT molecular complexity index is 628. The molecular weight excluding hydrogens is 298 g/mol. The number of aryl methyl sites for hydroxylation is 1. The van der Waals surface area contributed by atoms with E-state index in [1.54, 1.807) is 0 Å². The van der Waals surface area contributed by atoms with Crippen molar-refractivity contribution < 1.29 is 9.47 Å². The summed E-state index contributed by atoms with van der Waals surface area (Å²) in [5, 5.41) is 0.697. The number of benzene rings is 2. The van der Waals surface area contributed by atoms with Gasteiger partial charge in [0.1, 0.15) is 24.7 Å². The molecule has 2 rings (SSSR count). The summed E-state index contributed by atoms with van der Waals surface area (Å²) in [5.74, 6) is 1.72. The third-order valence-corrected chi connectivity index (χ3v) is 3.82. The molecule has 0 atom stereocenters. The summed E-state index contributed by atoms with van der Waals surface area (Å²) in [4.78, 5) is 0. The highest BCUT2D eigenvalue weighted by Gasteiger charge is 2.05. The van der Waals surface area contributed by atoms with E-state index in [1.807, 2.05) is 30.3 Å². The summed E-state index contributed by atoms with van der Waals surface area (Å²) in [6.45, 7) is 5.67. The van der Waals surface area contributed by atoms with E-state index in [4.69, 9.17) is 26.8 Å². The van der Waals surface area contributed by atoms with Crippen molar-refractivity contribution in [2.45, 2.75) is 20.3 Å². The lowest BCUT2D eigenvalue weighted by Gasteiger charge is -2.13. The molecule has 0 amide bonds. The van der Waals surface area contributed by atoms with Crippen LogP contribution >= 0.6 is 11.6 Å². The SMILES string of the molecule is Cc1cccc(OCCOc2ccc(Cl)cc2CCN)c1C. The molecule has 0 aliphatic carbocycles. The average molecular weight is 320 g/mol. The third-order valence-electron chi connectivity index (χ3n) is 3.59. The highest BCUT2D eigenvalue weighted by atomic mass is 35.5. The average Bonchev–Trinajstić information content (AvgIpc) is 2.50. The van der Waals surface area contributed by atoms with Gasteiger partial charge >= 0.3 is 0 Å². The molecule has 2 aromatic carbocycles. The van der Waals surface area contributed by atoms with Gasteiger partial charge in [0.05, 0.1) is 0 Å². The molecule has 0 bridgehead atoms. The van der Waals surface area contributed by atoms with Gasteiger partial charge in [0, 0.05) is 5.02 Å². The lowest BCUT2D eigenvalue weighted by atomic mass is 10.1. The van der Waals surface area contributed by atoms with Gasteiger partial charge in [-0.1, -0.05) is 23.7 Å². The quantitative estimate of drug-likeness (QED) is 0.787. The fraction of sp³-hybridized carbons (Fsp3) is 0.333. The van der Waals surface area contributed by atoms with Crippen molar-refractivity contribution in [2.24, 2.45) is 5.73 Å². The van der Waals surface area contributed by atoms with E-state index in [2.05, 4.69) is 19.9 Å². The van der Waals surface area contributed by atoms with Gasteiger partial charge in [0.25, 0.3) is 0 Å². The Labute approximate surface area is 137 Å². The Kier molecular flexibility index (Phi) is 6.10. The first kappa shape index (κ1) is 16.7. The van der Waals surface area contributed by atoms with Crippen LogP contribution in [0.1, 0.15) is 16.7 Å². The maximum absolute atomic E-state index is 6.01. The molecule has 0 fully saturated rings. The van der Waals surface area contributed by atoms with Crippen LogP contribution in [-0.4, -0.2) is 19.8 Å². The first-order chi connectivity index (χ1) is 10.6. The molecule has 118 valence electrons. The van der Waals surface area contributed by atoms with E-state index in [9.17, 15) is 0 Å². The van der Waals surface area contributed by atoms with E-state index in [0.717, 1.165) is 29.0 Å². The monoisotopic (exact) mass is 319 g/mol. The van der Waals surface area contributed by atoms with Crippen molar-refractivity contribution in [3.63, 3.8) is 0 Å². The zero-order valence-electron chi connectivity index (χ0n) is 13.1. The van der Waals surface area contributed by atoms with E-state index in [0.29, 0.717) is 24.8 Å². The molecule has 22 heavy (non-hydrogen) atoms. The highest BCUT2D eigenvalue weighted by Crippen LogP contribution is 2.24. The molecule has 2 aromatic rings. The van der Waals surface area contributed by atoms with Gasteiger partial charge in [0.15, 0.2) is 0 Å². The van der Waals surface area contributed by atoms with E-state index in [-0.39, 0.29) is 0 Å². The Morgan fingerprint density at radius 3 is 2.45 bits per heavy atom. The molecule has 0 saturated carbocycles. The maximum Gasteiger partial charge on any atom is 0.122 e. The van der Waals surface area contributed by atoms with E-state index in [1.165, 1.54) is 5.56 Å². The number of hydrogen-bond acceptors (Lipinski definition) is 3. The predicted molar refractivity (Wildman–Crippen MR) is 91.1 cm³/mol. The zero-order chi connectivity index (χ0) is 15.9. The van der Waals surface area contributed by atoms with Crippen LogP contribution in [0.4, 0.5) is 0 Å². The van der Waals surface area contributed by atoms with Crippen molar-refractivity contribution in [3.8, 4) is 11.5 Å². The molecule has 0 spiro atoms. The van der Waals surface area contributed by atoms with Gasteiger partial charge in [-0.05, 0) is 67.8 Å². The molecule has 2 N–H and O–H groups in total.